The van der Waals surface area contributed by atoms with Crippen LogP contribution in [0.5, 0.6) is 23.0 Å². The predicted octanol–water partition coefficient (Wildman–Crippen LogP) is 5.79. The lowest BCUT2D eigenvalue weighted by molar-refractivity contribution is -0.115. The number of carbonyl (C=O) groups excluding carboxylic acids is 1. The second kappa shape index (κ2) is 12.1. The minimum atomic E-state index is -0.787. The van der Waals surface area contributed by atoms with Gasteiger partial charge in [0.15, 0.2) is 11.5 Å². The van der Waals surface area contributed by atoms with Gasteiger partial charge >= 0.3 is 0 Å². The van der Waals surface area contributed by atoms with E-state index in [1.807, 2.05) is 56.9 Å². The van der Waals surface area contributed by atoms with Crippen molar-refractivity contribution in [2.45, 2.75) is 71.4 Å². The Kier molecular flexibility index (Phi) is 8.85. The number of ether oxygens (including phenoxy) is 4. The van der Waals surface area contributed by atoms with Crippen molar-refractivity contribution in [3.63, 3.8) is 0 Å². The number of nitrogens with zero attached hydrogens (tertiary/aromatic N) is 1. The largest absolute Gasteiger partial charge is 0.494 e. The topological polar surface area (TPSA) is 77.5 Å². The normalized spacial score (nSPS) is 23.2. The Labute approximate surface area is 220 Å². The Morgan fingerprint density at radius 2 is 1.51 bits per heavy atom. The molecule has 0 spiro atoms. The fourth-order valence-electron chi connectivity index (χ4n) is 5.98. The van der Waals surface area contributed by atoms with Crippen LogP contribution in [0.2, 0.25) is 0 Å². The third-order valence-corrected chi connectivity index (χ3v) is 7.52. The number of likely N-dealkylation sites (tertiary alicyclic amines) is 1. The van der Waals surface area contributed by atoms with E-state index in [-0.39, 0.29) is 17.9 Å². The molecule has 1 aliphatic carbocycles. The summed E-state index contributed by atoms with van der Waals surface area (Å²) in [6, 6.07) is 11.1. The third-order valence-electron chi connectivity index (χ3n) is 7.52. The van der Waals surface area contributed by atoms with Gasteiger partial charge in [-0.3, -0.25) is 4.79 Å². The summed E-state index contributed by atoms with van der Waals surface area (Å²) in [5.41, 5.74) is 0.643. The minimum absolute atomic E-state index is 0.0685. The fraction of sp³-hybridized carbons (Fsp3) is 0.567. The molecule has 1 saturated carbocycles. The zero-order chi connectivity index (χ0) is 26.4. The molecule has 2 aliphatic rings. The highest BCUT2D eigenvalue weighted by molar-refractivity contribution is 5.96. The third kappa shape index (κ3) is 5.52. The number of amides is 1. The highest BCUT2D eigenvalue weighted by atomic mass is 16.5. The van der Waals surface area contributed by atoms with Crippen molar-refractivity contribution >= 4 is 5.91 Å². The lowest BCUT2D eigenvalue weighted by Crippen LogP contribution is -2.56. The SMILES string of the molecule is CCOc1ccccc1[C@@H]1[C@@H]2CCCC[C@]2(O)CCN1C(=O)c1cc(OCC)c(OCC)c(OCC)c1. The summed E-state index contributed by atoms with van der Waals surface area (Å²) >= 11 is 0. The quantitative estimate of drug-likeness (QED) is 0.435. The minimum Gasteiger partial charge on any atom is -0.494 e. The van der Waals surface area contributed by atoms with E-state index in [0.29, 0.717) is 62.2 Å². The molecule has 1 aliphatic heterocycles. The fourth-order valence-corrected chi connectivity index (χ4v) is 5.98. The van der Waals surface area contributed by atoms with E-state index in [1.54, 1.807) is 12.1 Å². The number of fused-ring (bicyclic) bond motifs is 1. The maximum atomic E-state index is 14.3. The Morgan fingerprint density at radius 1 is 0.892 bits per heavy atom. The van der Waals surface area contributed by atoms with Gasteiger partial charge in [-0.25, -0.2) is 0 Å². The second-order valence-corrected chi connectivity index (χ2v) is 9.72. The van der Waals surface area contributed by atoms with Gasteiger partial charge in [-0.1, -0.05) is 31.0 Å². The second-order valence-electron chi connectivity index (χ2n) is 9.72. The molecule has 2 aromatic carbocycles. The first-order valence-corrected chi connectivity index (χ1v) is 13.8. The number of carbonyl (C=O) groups is 1. The molecular weight excluding hydrogens is 470 g/mol. The van der Waals surface area contributed by atoms with Gasteiger partial charge in [0.25, 0.3) is 5.91 Å². The van der Waals surface area contributed by atoms with Crippen molar-refractivity contribution in [2.75, 3.05) is 33.0 Å². The van der Waals surface area contributed by atoms with Gasteiger partial charge in [-0.05, 0) is 65.2 Å². The van der Waals surface area contributed by atoms with Gasteiger partial charge in [0, 0.05) is 23.6 Å². The number of benzene rings is 2. The summed E-state index contributed by atoms with van der Waals surface area (Å²) < 4.78 is 23.6. The highest BCUT2D eigenvalue weighted by Crippen LogP contribution is 2.51. The van der Waals surface area contributed by atoms with Crippen LogP contribution in [0.25, 0.3) is 0 Å². The standard InChI is InChI=1S/C30H41NO6/c1-5-34-24-15-10-9-13-22(24)27-23-14-11-12-16-30(23,33)17-18-31(27)29(32)21-19-25(35-6-2)28(37-8-4)26(20-21)36-7-3/h9-10,13,15,19-20,23,27,33H,5-8,11-12,14,16-18H2,1-4H3/t23-,27+,30-/m0/s1. The summed E-state index contributed by atoms with van der Waals surface area (Å²) in [5, 5.41) is 11.7. The molecule has 1 saturated heterocycles. The van der Waals surface area contributed by atoms with Crippen molar-refractivity contribution in [2.24, 2.45) is 5.92 Å². The lowest BCUT2D eigenvalue weighted by atomic mass is 9.66. The van der Waals surface area contributed by atoms with Gasteiger partial charge in [-0.15, -0.1) is 0 Å². The molecule has 0 unspecified atom stereocenters. The molecule has 3 atom stereocenters. The Morgan fingerprint density at radius 3 is 2.16 bits per heavy atom. The van der Waals surface area contributed by atoms with Gasteiger partial charge in [0.2, 0.25) is 5.75 Å². The molecule has 0 aromatic heterocycles. The Hall–Kier alpha value is -2.93. The first-order valence-electron chi connectivity index (χ1n) is 13.8. The molecule has 7 heteroatoms. The van der Waals surface area contributed by atoms with Crippen LogP contribution >= 0.6 is 0 Å². The molecule has 1 amide bonds. The van der Waals surface area contributed by atoms with Crippen LogP contribution in [0.3, 0.4) is 0 Å². The smallest absolute Gasteiger partial charge is 0.254 e. The molecule has 37 heavy (non-hydrogen) atoms. The molecule has 7 nitrogen and oxygen atoms in total. The molecule has 0 radical (unpaired) electrons. The van der Waals surface area contributed by atoms with Crippen LogP contribution in [-0.4, -0.2) is 54.5 Å². The van der Waals surface area contributed by atoms with Gasteiger partial charge in [-0.2, -0.15) is 0 Å². The van der Waals surface area contributed by atoms with Gasteiger partial charge in [0.05, 0.1) is 38.1 Å². The van der Waals surface area contributed by atoms with Crippen LogP contribution in [-0.2, 0) is 0 Å². The highest BCUT2D eigenvalue weighted by Gasteiger charge is 2.51. The molecule has 202 valence electrons. The maximum absolute atomic E-state index is 14.3. The molecule has 4 rings (SSSR count). The first-order chi connectivity index (χ1) is 18.0. The summed E-state index contributed by atoms with van der Waals surface area (Å²) in [4.78, 5) is 16.2. The van der Waals surface area contributed by atoms with Crippen LogP contribution in [0.15, 0.2) is 36.4 Å². The number of piperidine rings is 1. The Balaban J connectivity index is 1.80. The summed E-state index contributed by atoms with van der Waals surface area (Å²) in [5.74, 6) is 2.09. The van der Waals surface area contributed by atoms with E-state index in [0.717, 1.165) is 37.0 Å². The van der Waals surface area contributed by atoms with E-state index >= 15 is 0 Å². The number of aliphatic hydroxyl groups is 1. The number of rotatable bonds is 10. The Bertz CT molecular complexity index is 1040. The van der Waals surface area contributed by atoms with Crippen molar-refractivity contribution < 1.29 is 28.8 Å². The zero-order valence-electron chi connectivity index (χ0n) is 22.6. The van der Waals surface area contributed by atoms with Crippen molar-refractivity contribution in [1.29, 1.82) is 0 Å². The predicted molar refractivity (Wildman–Crippen MR) is 143 cm³/mol. The maximum Gasteiger partial charge on any atom is 0.254 e. The number of hydrogen-bond donors (Lipinski definition) is 1. The summed E-state index contributed by atoms with van der Waals surface area (Å²) in [7, 11) is 0. The van der Waals surface area contributed by atoms with E-state index in [1.165, 1.54) is 0 Å². The zero-order valence-corrected chi connectivity index (χ0v) is 22.6. The molecule has 1 heterocycles. The number of hydrogen-bond acceptors (Lipinski definition) is 6. The summed E-state index contributed by atoms with van der Waals surface area (Å²) in [6.45, 7) is 9.99. The average molecular weight is 512 g/mol. The molecule has 1 N–H and O–H groups in total. The van der Waals surface area contributed by atoms with Crippen LogP contribution in [0.4, 0.5) is 0 Å². The molecule has 2 aromatic rings. The monoisotopic (exact) mass is 511 g/mol. The van der Waals surface area contributed by atoms with E-state index in [4.69, 9.17) is 18.9 Å². The van der Waals surface area contributed by atoms with E-state index in [2.05, 4.69) is 0 Å². The average Bonchev–Trinajstić information content (AvgIpc) is 2.90. The number of para-hydroxylation sites is 1. The molecule has 0 bridgehead atoms. The van der Waals surface area contributed by atoms with Crippen LogP contribution in [0.1, 0.15) is 81.8 Å². The lowest BCUT2D eigenvalue weighted by Gasteiger charge is -2.52. The van der Waals surface area contributed by atoms with Crippen molar-refractivity contribution in [3.8, 4) is 23.0 Å². The van der Waals surface area contributed by atoms with Crippen molar-refractivity contribution in [3.05, 3.63) is 47.5 Å². The first kappa shape index (κ1) is 27.1. The van der Waals surface area contributed by atoms with E-state index < -0.39 is 5.60 Å². The van der Waals surface area contributed by atoms with E-state index in [9.17, 15) is 9.90 Å². The van der Waals surface area contributed by atoms with Gasteiger partial charge < -0.3 is 29.0 Å². The summed E-state index contributed by atoms with van der Waals surface area (Å²) in [6.07, 6.45) is 4.23. The molecular formula is C30H41NO6. The molecule has 2 fully saturated rings. The van der Waals surface area contributed by atoms with Crippen LogP contribution in [0, 0.1) is 5.92 Å². The van der Waals surface area contributed by atoms with Crippen LogP contribution < -0.4 is 18.9 Å². The van der Waals surface area contributed by atoms with Crippen molar-refractivity contribution in [1.82, 2.24) is 4.90 Å². The van der Waals surface area contributed by atoms with Gasteiger partial charge in [0.1, 0.15) is 5.75 Å².